The fourth-order valence-corrected chi connectivity index (χ4v) is 3.44. The number of thiocarbonyl (C=S) groups is 1. The van der Waals surface area contributed by atoms with Crippen LogP contribution >= 0.6 is 28.1 Å². The molecule has 0 atom stereocenters. The van der Waals surface area contributed by atoms with E-state index in [1.54, 1.807) is 18.2 Å². The van der Waals surface area contributed by atoms with E-state index < -0.39 is 0 Å². The van der Waals surface area contributed by atoms with Crippen molar-refractivity contribution in [2.24, 2.45) is 5.92 Å². The summed E-state index contributed by atoms with van der Waals surface area (Å²) in [7, 11) is 0. The van der Waals surface area contributed by atoms with Crippen LogP contribution in [0.1, 0.15) is 30.6 Å². The minimum absolute atomic E-state index is 0.208. The first-order chi connectivity index (χ1) is 15.4. The van der Waals surface area contributed by atoms with Gasteiger partial charge in [0, 0.05) is 11.3 Å². The lowest BCUT2D eigenvalue weighted by Gasteiger charge is -2.12. The third-order valence-electron chi connectivity index (χ3n) is 4.46. The van der Waals surface area contributed by atoms with Crippen molar-refractivity contribution in [3.05, 3.63) is 82.8 Å². The summed E-state index contributed by atoms with van der Waals surface area (Å²) in [6, 6.07) is 22.1. The number of rotatable bonds is 8. The number of amides is 1. The Kier molecular flexibility index (Phi) is 8.64. The second-order valence-corrected chi connectivity index (χ2v) is 8.79. The lowest BCUT2D eigenvalue weighted by atomic mass is 10.1. The molecule has 7 heteroatoms. The van der Waals surface area contributed by atoms with Gasteiger partial charge in [0.15, 0.2) is 5.11 Å². The molecule has 0 spiro atoms. The maximum absolute atomic E-state index is 12.5. The van der Waals surface area contributed by atoms with Gasteiger partial charge in [0.2, 0.25) is 0 Å². The van der Waals surface area contributed by atoms with E-state index in [4.69, 9.17) is 21.7 Å². The van der Waals surface area contributed by atoms with E-state index >= 15 is 0 Å². The Labute approximate surface area is 202 Å². The Hall–Kier alpha value is -2.90. The molecule has 0 unspecified atom stereocenters. The summed E-state index contributed by atoms with van der Waals surface area (Å²) in [5.74, 6) is 2.44. The summed E-state index contributed by atoms with van der Waals surface area (Å²) >= 11 is 8.75. The molecule has 0 fully saturated rings. The van der Waals surface area contributed by atoms with Crippen LogP contribution in [0.3, 0.4) is 0 Å². The van der Waals surface area contributed by atoms with Crippen LogP contribution in [-0.2, 0) is 0 Å². The number of carbonyl (C=O) groups excluding carboxylic acids is 1. The molecule has 0 aliphatic carbocycles. The highest BCUT2D eigenvalue weighted by molar-refractivity contribution is 9.10. The number of carbonyl (C=O) groups is 1. The number of halogens is 1. The molecule has 166 valence electrons. The zero-order valence-electron chi connectivity index (χ0n) is 17.9. The molecule has 0 aliphatic heterocycles. The normalized spacial score (nSPS) is 10.5. The Morgan fingerprint density at radius 2 is 1.69 bits per heavy atom. The molecule has 0 aromatic heterocycles. The maximum atomic E-state index is 12.5. The zero-order valence-corrected chi connectivity index (χ0v) is 20.3. The van der Waals surface area contributed by atoms with Gasteiger partial charge in [-0.3, -0.25) is 10.1 Å². The smallest absolute Gasteiger partial charge is 0.257 e. The molecule has 3 aromatic carbocycles. The van der Waals surface area contributed by atoms with Crippen molar-refractivity contribution in [2.75, 3.05) is 11.9 Å². The first-order valence-corrected chi connectivity index (χ1v) is 11.5. The molecule has 3 rings (SSSR count). The van der Waals surface area contributed by atoms with Crippen molar-refractivity contribution in [3.63, 3.8) is 0 Å². The van der Waals surface area contributed by atoms with Gasteiger partial charge in [-0.15, -0.1) is 0 Å². The molecule has 0 saturated heterocycles. The van der Waals surface area contributed by atoms with Gasteiger partial charge in [0.05, 0.1) is 11.1 Å². The fraction of sp³-hybridized carbons (Fsp3) is 0.200. The predicted octanol–water partition coefficient (Wildman–Crippen LogP) is 6.79. The van der Waals surface area contributed by atoms with Gasteiger partial charge in [0.25, 0.3) is 5.91 Å². The van der Waals surface area contributed by atoms with Gasteiger partial charge in [0.1, 0.15) is 17.2 Å². The molecule has 2 N–H and O–H groups in total. The van der Waals surface area contributed by atoms with E-state index in [0.717, 1.165) is 22.3 Å². The molecule has 0 saturated carbocycles. The Morgan fingerprint density at radius 3 is 2.34 bits per heavy atom. The quantitative estimate of drug-likeness (QED) is 0.325. The minimum Gasteiger partial charge on any atom is -0.492 e. The van der Waals surface area contributed by atoms with Gasteiger partial charge in [-0.1, -0.05) is 32.0 Å². The highest BCUT2D eigenvalue weighted by Crippen LogP contribution is 2.26. The monoisotopic (exact) mass is 512 g/mol. The second-order valence-electron chi connectivity index (χ2n) is 7.52. The van der Waals surface area contributed by atoms with Crippen molar-refractivity contribution < 1.29 is 14.3 Å². The molecule has 32 heavy (non-hydrogen) atoms. The number of para-hydroxylation sites is 1. The van der Waals surface area contributed by atoms with Gasteiger partial charge >= 0.3 is 0 Å². The van der Waals surface area contributed by atoms with E-state index in [9.17, 15) is 4.79 Å². The van der Waals surface area contributed by atoms with Gasteiger partial charge in [-0.05, 0) is 95.1 Å². The molecule has 0 bridgehead atoms. The Morgan fingerprint density at radius 1 is 1.00 bits per heavy atom. The van der Waals surface area contributed by atoms with E-state index in [2.05, 4.69) is 40.4 Å². The average Bonchev–Trinajstić information content (AvgIpc) is 2.76. The molecular weight excluding hydrogens is 488 g/mol. The summed E-state index contributed by atoms with van der Waals surface area (Å²) in [5, 5.41) is 5.91. The molecule has 0 heterocycles. The molecule has 5 nitrogen and oxygen atoms in total. The SMILES string of the molecule is CC(C)CCOc1ccc(C(=O)NC(=S)Nc2ccc(Oc3ccccc3)cc2)cc1Br. The van der Waals surface area contributed by atoms with Gasteiger partial charge < -0.3 is 14.8 Å². The van der Waals surface area contributed by atoms with Crippen molar-refractivity contribution in [1.82, 2.24) is 5.32 Å². The first kappa shape index (κ1) is 23.8. The van der Waals surface area contributed by atoms with Crippen LogP contribution in [0.5, 0.6) is 17.2 Å². The van der Waals surface area contributed by atoms with Crippen LogP contribution in [0.2, 0.25) is 0 Å². The number of hydrogen-bond donors (Lipinski definition) is 2. The number of ether oxygens (including phenoxy) is 2. The zero-order chi connectivity index (χ0) is 22.9. The standard InChI is InChI=1S/C25H25BrN2O3S/c1-17(2)14-15-30-23-13-8-18(16-22(23)26)24(29)28-25(32)27-19-9-11-21(12-10-19)31-20-6-4-3-5-7-20/h3-13,16-17H,14-15H2,1-2H3,(H2,27,28,29,32). The second kappa shape index (κ2) is 11.6. The predicted molar refractivity (Wildman–Crippen MR) is 136 cm³/mol. The number of anilines is 1. The molecule has 3 aromatic rings. The largest absolute Gasteiger partial charge is 0.492 e. The van der Waals surface area contributed by atoms with Gasteiger partial charge in [-0.25, -0.2) is 0 Å². The van der Waals surface area contributed by atoms with Crippen molar-refractivity contribution >= 4 is 44.9 Å². The molecule has 1 amide bonds. The lowest BCUT2D eigenvalue weighted by molar-refractivity contribution is 0.0977. The fourth-order valence-electron chi connectivity index (χ4n) is 2.73. The maximum Gasteiger partial charge on any atom is 0.257 e. The van der Waals surface area contributed by atoms with Crippen LogP contribution in [0.25, 0.3) is 0 Å². The van der Waals surface area contributed by atoms with E-state index in [0.29, 0.717) is 29.6 Å². The average molecular weight is 513 g/mol. The summed E-state index contributed by atoms with van der Waals surface area (Å²) < 4.78 is 12.3. The van der Waals surface area contributed by atoms with Crippen LogP contribution in [0.15, 0.2) is 77.3 Å². The lowest BCUT2D eigenvalue weighted by Crippen LogP contribution is -2.34. The van der Waals surface area contributed by atoms with Gasteiger partial charge in [-0.2, -0.15) is 0 Å². The number of hydrogen-bond acceptors (Lipinski definition) is 4. The molecule has 0 radical (unpaired) electrons. The number of nitrogens with one attached hydrogen (secondary N) is 2. The van der Waals surface area contributed by atoms with Crippen LogP contribution in [0, 0.1) is 5.92 Å². The van der Waals surface area contributed by atoms with E-state index in [1.807, 2.05) is 54.6 Å². The summed E-state index contributed by atoms with van der Waals surface area (Å²) in [4.78, 5) is 12.5. The molecule has 0 aliphatic rings. The van der Waals surface area contributed by atoms with E-state index in [1.165, 1.54) is 0 Å². The minimum atomic E-state index is -0.305. The Balaban J connectivity index is 1.52. The third kappa shape index (κ3) is 7.35. The van der Waals surface area contributed by atoms with Crippen molar-refractivity contribution in [2.45, 2.75) is 20.3 Å². The van der Waals surface area contributed by atoms with Crippen LogP contribution in [0.4, 0.5) is 5.69 Å². The summed E-state index contributed by atoms with van der Waals surface area (Å²) in [6.07, 6.45) is 0.966. The van der Waals surface area contributed by atoms with E-state index in [-0.39, 0.29) is 11.0 Å². The van der Waals surface area contributed by atoms with Crippen LogP contribution < -0.4 is 20.1 Å². The highest BCUT2D eigenvalue weighted by atomic mass is 79.9. The highest BCUT2D eigenvalue weighted by Gasteiger charge is 2.11. The summed E-state index contributed by atoms with van der Waals surface area (Å²) in [5.41, 5.74) is 1.22. The third-order valence-corrected chi connectivity index (χ3v) is 5.29. The summed E-state index contributed by atoms with van der Waals surface area (Å²) in [6.45, 7) is 4.93. The van der Waals surface area contributed by atoms with Crippen molar-refractivity contribution in [3.8, 4) is 17.2 Å². The Bertz CT molecular complexity index is 1060. The van der Waals surface area contributed by atoms with Crippen molar-refractivity contribution in [1.29, 1.82) is 0 Å². The topological polar surface area (TPSA) is 59.6 Å². The van der Waals surface area contributed by atoms with Crippen LogP contribution in [-0.4, -0.2) is 17.6 Å². The molecular formula is C25H25BrN2O3S. The number of benzene rings is 3. The first-order valence-electron chi connectivity index (χ1n) is 10.3.